The van der Waals surface area contributed by atoms with Crippen molar-refractivity contribution in [3.63, 3.8) is 0 Å². The molecule has 1 fully saturated rings. The second-order valence-electron chi connectivity index (χ2n) is 9.60. The van der Waals surface area contributed by atoms with Crippen LogP contribution in [-0.4, -0.2) is 81.3 Å². The Kier molecular flexibility index (Phi) is 9.14. The van der Waals surface area contributed by atoms with E-state index < -0.39 is 50.5 Å². The predicted octanol–water partition coefficient (Wildman–Crippen LogP) is 2.60. The summed E-state index contributed by atoms with van der Waals surface area (Å²) in [5.74, 6) is -0.0750. The molecule has 1 aromatic carbocycles. The summed E-state index contributed by atoms with van der Waals surface area (Å²) in [7, 11) is -3.08. The topological polar surface area (TPSA) is 176 Å². The van der Waals surface area contributed by atoms with Crippen LogP contribution in [0, 0.1) is 0 Å². The van der Waals surface area contributed by atoms with Crippen molar-refractivity contribution in [2.45, 2.75) is 57.8 Å². The van der Waals surface area contributed by atoms with E-state index in [2.05, 4.69) is 24.8 Å². The second kappa shape index (κ2) is 12.2. The van der Waals surface area contributed by atoms with Crippen molar-refractivity contribution in [1.29, 1.82) is 0 Å². The molecular weight excluding hydrogens is 560 g/mol. The first kappa shape index (κ1) is 30.6. The molecule has 3 aromatic rings. The largest absolute Gasteiger partial charge is 0.468 e. The lowest BCUT2D eigenvalue weighted by molar-refractivity contribution is -0.142. The Morgan fingerprint density at radius 2 is 2.00 bits per heavy atom. The van der Waals surface area contributed by atoms with Gasteiger partial charge in [-0.05, 0) is 39.8 Å². The molecule has 0 saturated carbocycles. The third-order valence-corrected chi connectivity index (χ3v) is 8.38. The first-order valence-electron chi connectivity index (χ1n) is 13.1. The minimum atomic E-state index is -4.26. The molecule has 1 aliphatic heterocycles. The van der Waals surface area contributed by atoms with Crippen LogP contribution in [0.1, 0.15) is 33.9 Å². The van der Waals surface area contributed by atoms with Gasteiger partial charge in [-0.3, -0.25) is 13.9 Å². The van der Waals surface area contributed by atoms with E-state index in [1.165, 1.54) is 31.9 Å². The van der Waals surface area contributed by atoms with Gasteiger partial charge < -0.3 is 29.7 Å². The fourth-order valence-corrected chi connectivity index (χ4v) is 6.03. The Balaban J connectivity index is 1.60. The standard InChI is InChI=1S/C25H35FN7O7P/c1-6-32(7-2)20-18-21(30-24(27)29-20)33(14-28-18)23-25(4,26)19(34)17(39-23)13-38-41(36,31-15(3)22(35)37-5)40-16-11-9-8-10-12-16/h8-12,14-15,17,19,23,34H,6-7,13H2,1-5H3,(H,31,36)(H2,27,29,30)/t15-,17+,19+,23+,25+,41?/m0/s1. The molecule has 41 heavy (non-hydrogen) atoms. The number of alkyl halides is 1. The molecule has 224 valence electrons. The van der Waals surface area contributed by atoms with Crippen LogP contribution in [0.3, 0.4) is 0 Å². The molecule has 6 atom stereocenters. The fourth-order valence-electron chi connectivity index (χ4n) is 4.53. The SMILES string of the molecule is CCN(CC)c1nc(N)nc2c1ncn2[C@@H]1O[C@H](COP(=O)(N[C@@H](C)C(=O)OC)Oc2ccccc2)[C@@H](O)[C@@]1(C)F. The quantitative estimate of drug-likeness (QED) is 0.206. The van der Waals surface area contributed by atoms with E-state index in [1.54, 1.807) is 30.3 Å². The summed E-state index contributed by atoms with van der Waals surface area (Å²) in [6.07, 6.45) is -3.06. The number of fused-ring (bicyclic) bond motifs is 1. The van der Waals surface area contributed by atoms with Crippen LogP contribution in [0.5, 0.6) is 5.75 Å². The van der Waals surface area contributed by atoms with E-state index in [9.17, 15) is 14.5 Å². The fraction of sp³-hybridized carbons (Fsp3) is 0.520. The van der Waals surface area contributed by atoms with Crippen molar-refractivity contribution >= 4 is 36.6 Å². The van der Waals surface area contributed by atoms with Gasteiger partial charge in [-0.2, -0.15) is 15.1 Å². The van der Waals surface area contributed by atoms with Crippen molar-refractivity contribution in [2.75, 3.05) is 37.4 Å². The molecule has 4 N–H and O–H groups in total. The normalized spacial score (nSPS) is 24.6. The van der Waals surface area contributed by atoms with E-state index in [-0.39, 0.29) is 17.3 Å². The Labute approximate surface area is 236 Å². The van der Waals surface area contributed by atoms with Crippen molar-refractivity contribution in [3.05, 3.63) is 36.7 Å². The maximum atomic E-state index is 16.1. The molecule has 14 nitrogen and oxygen atoms in total. The molecule has 0 amide bonds. The highest BCUT2D eigenvalue weighted by atomic mass is 31.2. The molecule has 0 spiro atoms. The number of nitrogens with zero attached hydrogens (tertiary/aromatic N) is 5. The summed E-state index contributed by atoms with van der Waals surface area (Å²) in [6, 6.07) is 7.05. The minimum absolute atomic E-state index is 0.0371. The van der Waals surface area contributed by atoms with Crippen LogP contribution in [0.15, 0.2) is 36.7 Å². The number of ether oxygens (including phenoxy) is 2. The molecule has 1 saturated heterocycles. The number of aromatic nitrogens is 4. The number of nitrogen functional groups attached to an aromatic ring is 1. The summed E-state index contributed by atoms with van der Waals surface area (Å²) in [4.78, 5) is 26.9. The van der Waals surface area contributed by atoms with E-state index in [1.807, 2.05) is 18.7 Å². The average molecular weight is 596 g/mol. The molecule has 4 rings (SSSR count). The predicted molar refractivity (Wildman–Crippen MR) is 148 cm³/mol. The second-order valence-corrected chi connectivity index (χ2v) is 11.3. The van der Waals surface area contributed by atoms with Crippen LogP contribution >= 0.6 is 7.75 Å². The van der Waals surface area contributed by atoms with Crippen molar-refractivity contribution < 1.29 is 37.4 Å². The van der Waals surface area contributed by atoms with Crippen LogP contribution in [0.2, 0.25) is 0 Å². The number of para-hydroxylation sites is 1. The highest BCUT2D eigenvalue weighted by Gasteiger charge is 2.56. The number of imidazole rings is 1. The summed E-state index contributed by atoms with van der Waals surface area (Å²) in [5.41, 5.74) is 4.22. The molecule has 0 radical (unpaired) electrons. The molecule has 3 heterocycles. The zero-order chi connectivity index (χ0) is 29.9. The van der Waals surface area contributed by atoms with Gasteiger partial charge >= 0.3 is 13.7 Å². The lowest BCUT2D eigenvalue weighted by Gasteiger charge is -2.25. The number of methoxy groups -OCH3 is 1. The number of aliphatic hydroxyl groups excluding tert-OH is 1. The van der Waals surface area contributed by atoms with E-state index >= 15 is 4.39 Å². The third kappa shape index (κ3) is 6.28. The molecule has 1 aliphatic rings. The molecule has 2 aromatic heterocycles. The summed E-state index contributed by atoms with van der Waals surface area (Å²) in [5, 5.41) is 13.4. The van der Waals surface area contributed by atoms with E-state index in [4.69, 9.17) is 19.5 Å². The number of hydrogen-bond donors (Lipinski definition) is 3. The minimum Gasteiger partial charge on any atom is -0.468 e. The number of hydrogen-bond acceptors (Lipinski definition) is 12. The van der Waals surface area contributed by atoms with Gasteiger partial charge in [0.05, 0.1) is 20.0 Å². The van der Waals surface area contributed by atoms with E-state index in [0.29, 0.717) is 24.4 Å². The van der Waals surface area contributed by atoms with Gasteiger partial charge in [-0.15, -0.1) is 0 Å². The first-order chi connectivity index (χ1) is 19.4. The van der Waals surface area contributed by atoms with Crippen LogP contribution in [0.25, 0.3) is 11.2 Å². The van der Waals surface area contributed by atoms with Crippen LogP contribution in [-0.2, 0) is 23.4 Å². The highest BCUT2D eigenvalue weighted by molar-refractivity contribution is 7.52. The van der Waals surface area contributed by atoms with Gasteiger partial charge in [-0.1, -0.05) is 18.2 Å². The number of nitrogens with one attached hydrogen (secondary N) is 1. The highest BCUT2D eigenvalue weighted by Crippen LogP contribution is 2.48. The number of halogens is 1. The Hall–Kier alpha value is -3.36. The monoisotopic (exact) mass is 595 g/mol. The summed E-state index contributed by atoms with van der Waals surface area (Å²) >= 11 is 0. The molecule has 0 bridgehead atoms. The van der Waals surface area contributed by atoms with Gasteiger partial charge in [0.2, 0.25) is 5.95 Å². The number of carbonyl (C=O) groups excluding carboxylic acids is 1. The Morgan fingerprint density at radius 1 is 1.32 bits per heavy atom. The van der Waals surface area contributed by atoms with Gasteiger partial charge in [0.25, 0.3) is 0 Å². The van der Waals surface area contributed by atoms with Gasteiger partial charge in [0.15, 0.2) is 28.9 Å². The molecule has 0 aliphatic carbocycles. The zero-order valence-corrected chi connectivity index (χ0v) is 24.3. The summed E-state index contributed by atoms with van der Waals surface area (Å²) in [6.45, 7) is 7.17. The number of anilines is 2. The number of carbonyl (C=O) groups is 1. The average Bonchev–Trinajstić information content (AvgIpc) is 3.45. The maximum Gasteiger partial charge on any atom is 0.459 e. The van der Waals surface area contributed by atoms with Gasteiger partial charge in [-0.25, -0.2) is 13.9 Å². The van der Waals surface area contributed by atoms with Crippen LogP contribution < -0.4 is 20.2 Å². The number of rotatable bonds is 12. The van der Waals surface area contributed by atoms with Crippen molar-refractivity contribution in [3.8, 4) is 5.75 Å². The molecule has 16 heteroatoms. The van der Waals surface area contributed by atoms with Gasteiger partial charge in [0.1, 0.15) is 24.0 Å². The number of esters is 1. The number of nitrogens with two attached hydrogens (primary N) is 1. The van der Waals surface area contributed by atoms with Crippen LogP contribution in [0.4, 0.5) is 16.2 Å². The van der Waals surface area contributed by atoms with E-state index in [0.717, 1.165) is 0 Å². The zero-order valence-electron chi connectivity index (χ0n) is 23.4. The number of aliphatic hydroxyl groups is 1. The molecular formula is C25H35FN7O7P. The third-order valence-electron chi connectivity index (χ3n) is 6.74. The van der Waals surface area contributed by atoms with Gasteiger partial charge in [0, 0.05) is 13.1 Å². The van der Waals surface area contributed by atoms with Crippen molar-refractivity contribution in [1.82, 2.24) is 24.6 Å². The Bertz CT molecular complexity index is 1410. The lowest BCUT2D eigenvalue weighted by Crippen LogP contribution is -2.41. The molecule has 1 unspecified atom stereocenters. The smallest absolute Gasteiger partial charge is 0.459 e. The Morgan fingerprint density at radius 3 is 2.63 bits per heavy atom. The maximum absolute atomic E-state index is 16.1. The lowest BCUT2D eigenvalue weighted by atomic mass is 9.98. The first-order valence-corrected chi connectivity index (χ1v) is 14.6. The summed E-state index contributed by atoms with van der Waals surface area (Å²) < 4.78 is 52.9. The number of benzene rings is 1. The van der Waals surface area contributed by atoms with Crippen molar-refractivity contribution in [2.24, 2.45) is 0 Å².